The molecule has 1 atom stereocenters. The summed E-state index contributed by atoms with van der Waals surface area (Å²) in [7, 11) is 1.56. The van der Waals surface area contributed by atoms with E-state index in [0.717, 1.165) is 6.42 Å². The van der Waals surface area contributed by atoms with Crippen LogP contribution < -0.4 is 15.8 Å². The molecule has 0 radical (unpaired) electrons. The van der Waals surface area contributed by atoms with E-state index in [1.165, 1.54) is 11.2 Å². The standard InChI is InChI=1S/C12H16N4OS/c1-3-8(9-5-4-6-18-9)16-12-10(17-2)11(13)14-7-15-12/h4-8H,3H2,1-2H3,(H3,13,14,15,16). The quantitative estimate of drug-likeness (QED) is 0.868. The van der Waals surface area contributed by atoms with Crippen molar-refractivity contribution in [2.24, 2.45) is 0 Å². The van der Waals surface area contributed by atoms with Crippen molar-refractivity contribution in [3.63, 3.8) is 0 Å². The maximum absolute atomic E-state index is 5.75. The SMILES string of the molecule is CCC(Nc1ncnc(N)c1OC)c1cccs1. The van der Waals surface area contributed by atoms with Crippen LogP contribution in [0.3, 0.4) is 0 Å². The molecule has 2 rings (SSSR count). The molecular weight excluding hydrogens is 248 g/mol. The van der Waals surface area contributed by atoms with E-state index in [-0.39, 0.29) is 6.04 Å². The number of thiophene rings is 1. The third-order valence-corrected chi connectivity index (χ3v) is 3.63. The number of nitrogens with zero attached hydrogens (tertiary/aromatic N) is 2. The third-order valence-electron chi connectivity index (χ3n) is 2.64. The van der Waals surface area contributed by atoms with Gasteiger partial charge in [-0.15, -0.1) is 11.3 Å². The molecule has 0 fully saturated rings. The number of ether oxygens (including phenoxy) is 1. The van der Waals surface area contributed by atoms with E-state index in [2.05, 4.69) is 33.7 Å². The average molecular weight is 264 g/mol. The van der Waals surface area contributed by atoms with Crippen LogP contribution in [0, 0.1) is 0 Å². The smallest absolute Gasteiger partial charge is 0.203 e. The Hall–Kier alpha value is -1.82. The Balaban J connectivity index is 2.25. The zero-order valence-electron chi connectivity index (χ0n) is 10.4. The van der Waals surface area contributed by atoms with E-state index < -0.39 is 0 Å². The maximum atomic E-state index is 5.75. The van der Waals surface area contributed by atoms with Crippen molar-refractivity contribution in [2.45, 2.75) is 19.4 Å². The third kappa shape index (κ3) is 2.53. The summed E-state index contributed by atoms with van der Waals surface area (Å²) in [4.78, 5) is 9.36. The molecule has 0 saturated heterocycles. The molecule has 0 aliphatic carbocycles. The minimum absolute atomic E-state index is 0.202. The van der Waals surface area contributed by atoms with Gasteiger partial charge in [0.05, 0.1) is 13.2 Å². The molecule has 2 aromatic rings. The van der Waals surface area contributed by atoms with Crippen LogP contribution in [0.15, 0.2) is 23.8 Å². The number of nitrogens with one attached hydrogen (secondary N) is 1. The minimum Gasteiger partial charge on any atom is -0.490 e. The lowest BCUT2D eigenvalue weighted by Gasteiger charge is -2.18. The number of nitrogen functional groups attached to an aromatic ring is 1. The van der Waals surface area contributed by atoms with Gasteiger partial charge >= 0.3 is 0 Å². The summed E-state index contributed by atoms with van der Waals surface area (Å²) in [5.74, 6) is 1.47. The van der Waals surface area contributed by atoms with Crippen LogP contribution in [0.5, 0.6) is 5.75 Å². The normalized spacial score (nSPS) is 12.1. The first-order valence-electron chi connectivity index (χ1n) is 5.70. The Morgan fingerprint density at radius 1 is 1.50 bits per heavy atom. The van der Waals surface area contributed by atoms with Crippen LogP contribution in [0.1, 0.15) is 24.3 Å². The van der Waals surface area contributed by atoms with Gasteiger partial charge in [0.15, 0.2) is 11.6 Å². The van der Waals surface area contributed by atoms with Gasteiger partial charge in [0.2, 0.25) is 5.75 Å². The summed E-state index contributed by atoms with van der Waals surface area (Å²) >= 11 is 1.71. The first-order chi connectivity index (χ1) is 8.76. The Morgan fingerprint density at radius 2 is 2.33 bits per heavy atom. The van der Waals surface area contributed by atoms with Gasteiger partial charge in [-0.25, -0.2) is 9.97 Å². The van der Waals surface area contributed by atoms with Crippen molar-refractivity contribution in [2.75, 3.05) is 18.2 Å². The molecule has 1 unspecified atom stereocenters. The topological polar surface area (TPSA) is 73.1 Å². The van der Waals surface area contributed by atoms with Crippen LogP contribution in [-0.2, 0) is 0 Å². The van der Waals surface area contributed by atoms with Crippen LogP contribution in [0.2, 0.25) is 0 Å². The molecule has 0 aliphatic heterocycles. The van der Waals surface area contributed by atoms with Crippen molar-refractivity contribution in [3.8, 4) is 5.75 Å². The lowest BCUT2D eigenvalue weighted by molar-refractivity contribution is 0.414. The molecule has 0 amide bonds. The van der Waals surface area contributed by atoms with Gasteiger partial charge in [-0.2, -0.15) is 0 Å². The fourth-order valence-corrected chi connectivity index (χ4v) is 2.58. The zero-order valence-corrected chi connectivity index (χ0v) is 11.2. The summed E-state index contributed by atoms with van der Waals surface area (Å²) in [6.07, 6.45) is 2.38. The lowest BCUT2D eigenvalue weighted by atomic mass is 10.2. The highest BCUT2D eigenvalue weighted by Gasteiger charge is 2.15. The van der Waals surface area contributed by atoms with Crippen LogP contribution in [0.4, 0.5) is 11.6 Å². The van der Waals surface area contributed by atoms with E-state index in [0.29, 0.717) is 17.4 Å². The molecule has 5 nitrogen and oxygen atoms in total. The summed E-state index contributed by atoms with van der Waals surface area (Å²) in [6, 6.07) is 4.34. The van der Waals surface area contributed by atoms with Crippen molar-refractivity contribution in [1.29, 1.82) is 0 Å². The first kappa shape index (κ1) is 12.6. The van der Waals surface area contributed by atoms with Gasteiger partial charge in [-0.1, -0.05) is 13.0 Å². The molecule has 0 spiro atoms. The average Bonchev–Trinajstić information content (AvgIpc) is 2.89. The largest absolute Gasteiger partial charge is 0.490 e. The van der Waals surface area contributed by atoms with Crippen molar-refractivity contribution >= 4 is 23.0 Å². The molecule has 96 valence electrons. The molecular formula is C12H16N4OS. The number of hydrogen-bond donors (Lipinski definition) is 2. The Kier molecular flexibility index (Phi) is 3.99. The van der Waals surface area contributed by atoms with Gasteiger partial charge in [-0.05, 0) is 17.9 Å². The molecule has 6 heteroatoms. The van der Waals surface area contributed by atoms with E-state index in [1.807, 2.05) is 6.07 Å². The fourth-order valence-electron chi connectivity index (χ4n) is 1.72. The number of aromatic nitrogens is 2. The highest BCUT2D eigenvalue weighted by atomic mass is 32.1. The van der Waals surface area contributed by atoms with Crippen molar-refractivity contribution < 1.29 is 4.74 Å². The van der Waals surface area contributed by atoms with Crippen LogP contribution in [-0.4, -0.2) is 17.1 Å². The predicted octanol–water partition coefficient (Wildman–Crippen LogP) is 2.69. The van der Waals surface area contributed by atoms with Crippen molar-refractivity contribution in [1.82, 2.24) is 9.97 Å². The van der Waals surface area contributed by atoms with Gasteiger partial charge in [-0.3, -0.25) is 0 Å². The minimum atomic E-state index is 0.202. The van der Waals surface area contributed by atoms with Crippen LogP contribution in [0.25, 0.3) is 0 Å². The summed E-state index contributed by atoms with van der Waals surface area (Å²) in [5.41, 5.74) is 5.75. The van der Waals surface area contributed by atoms with Crippen molar-refractivity contribution in [3.05, 3.63) is 28.7 Å². The Labute approximate surface area is 110 Å². The molecule has 0 bridgehead atoms. The van der Waals surface area contributed by atoms with Gasteiger partial charge < -0.3 is 15.8 Å². The second kappa shape index (κ2) is 5.68. The molecule has 0 saturated carbocycles. The highest BCUT2D eigenvalue weighted by molar-refractivity contribution is 7.10. The number of methoxy groups -OCH3 is 1. The molecule has 2 heterocycles. The maximum Gasteiger partial charge on any atom is 0.203 e. The van der Waals surface area contributed by atoms with Gasteiger partial charge in [0.1, 0.15) is 6.33 Å². The Morgan fingerprint density at radius 3 is 2.94 bits per heavy atom. The highest BCUT2D eigenvalue weighted by Crippen LogP contribution is 2.32. The molecule has 2 aromatic heterocycles. The first-order valence-corrected chi connectivity index (χ1v) is 6.58. The monoisotopic (exact) mass is 264 g/mol. The Bertz CT molecular complexity index is 501. The lowest BCUT2D eigenvalue weighted by Crippen LogP contribution is -2.11. The molecule has 0 aromatic carbocycles. The number of nitrogens with two attached hydrogens (primary N) is 1. The van der Waals surface area contributed by atoms with E-state index in [1.54, 1.807) is 18.4 Å². The van der Waals surface area contributed by atoms with Gasteiger partial charge in [0.25, 0.3) is 0 Å². The summed E-state index contributed by atoms with van der Waals surface area (Å²) < 4.78 is 5.23. The summed E-state index contributed by atoms with van der Waals surface area (Å²) in [5, 5.41) is 5.41. The van der Waals surface area contributed by atoms with E-state index in [4.69, 9.17) is 10.5 Å². The molecule has 18 heavy (non-hydrogen) atoms. The van der Waals surface area contributed by atoms with E-state index in [9.17, 15) is 0 Å². The second-order valence-corrected chi connectivity index (χ2v) is 4.74. The zero-order chi connectivity index (χ0) is 13.0. The number of anilines is 2. The molecule has 3 N–H and O–H groups in total. The number of rotatable bonds is 5. The van der Waals surface area contributed by atoms with E-state index >= 15 is 0 Å². The summed E-state index contributed by atoms with van der Waals surface area (Å²) in [6.45, 7) is 2.12. The van der Waals surface area contributed by atoms with Crippen LogP contribution >= 0.6 is 11.3 Å². The van der Waals surface area contributed by atoms with Gasteiger partial charge in [0, 0.05) is 4.88 Å². The molecule has 0 aliphatic rings. The number of hydrogen-bond acceptors (Lipinski definition) is 6. The predicted molar refractivity (Wildman–Crippen MR) is 74.0 cm³/mol. The fraction of sp³-hybridized carbons (Fsp3) is 0.333. The second-order valence-electron chi connectivity index (χ2n) is 3.76.